The molecule has 0 unspecified atom stereocenters. The van der Waals surface area contributed by atoms with Crippen molar-refractivity contribution >= 4 is 17.8 Å². The average molecular weight is 350 g/mol. The summed E-state index contributed by atoms with van der Waals surface area (Å²) in [6.07, 6.45) is 2.31. The van der Waals surface area contributed by atoms with Crippen molar-refractivity contribution in [2.75, 3.05) is 13.7 Å². The van der Waals surface area contributed by atoms with Crippen LogP contribution in [0.3, 0.4) is 0 Å². The molecule has 0 heterocycles. The van der Waals surface area contributed by atoms with Crippen molar-refractivity contribution in [1.82, 2.24) is 0 Å². The van der Waals surface area contributed by atoms with Crippen molar-refractivity contribution in [3.63, 3.8) is 0 Å². The van der Waals surface area contributed by atoms with Crippen LogP contribution in [-0.4, -0.2) is 25.5 Å². The summed E-state index contributed by atoms with van der Waals surface area (Å²) in [4.78, 5) is 23.3. The molecule has 0 fully saturated rings. The van der Waals surface area contributed by atoms with E-state index in [1.807, 2.05) is 0 Å². The first-order valence-corrected chi connectivity index (χ1v) is 7.07. The number of halogens is 3. The minimum Gasteiger partial charge on any atom is -0.494 e. The molecule has 7 heteroatoms. The highest BCUT2D eigenvalue weighted by atomic mass is 19.2. The number of Topliss-reactive ketones (excluding diaryl/α,β-unsaturated/α-hetero) is 1. The summed E-state index contributed by atoms with van der Waals surface area (Å²) in [5.74, 6) is -4.30. The Kier molecular flexibility index (Phi) is 5.94. The second-order valence-corrected chi connectivity index (χ2v) is 4.89. The molecule has 0 spiro atoms. The van der Waals surface area contributed by atoms with Crippen molar-refractivity contribution in [3.8, 4) is 5.75 Å². The number of carbonyl (C=O) groups is 2. The number of carbonyl (C=O) groups excluding carboxylic acids is 2. The molecule has 0 bridgehead atoms. The number of methoxy groups -OCH3 is 1. The molecular weight excluding hydrogens is 337 g/mol. The maximum Gasteiger partial charge on any atom is 0.331 e. The van der Waals surface area contributed by atoms with Crippen LogP contribution in [-0.2, 0) is 9.53 Å². The molecule has 0 aliphatic heterocycles. The van der Waals surface area contributed by atoms with Crippen molar-refractivity contribution in [3.05, 3.63) is 71.1 Å². The number of ether oxygens (including phenoxy) is 2. The summed E-state index contributed by atoms with van der Waals surface area (Å²) >= 11 is 0. The fraction of sp³-hybridized carbons (Fsp3) is 0.111. The Morgan fingerprint density at radius 2 is 1.76 bits per heavy atom. The molecule has 0 atom stereocenters. The Labute approximate surface area is 141 Å². The van der Waals surface area contributed by atoms with E-state index in [-0.39, 0.29) is 11.3 Å². The quantitative estimate of drug-likeness (QED) is 0.454. The largest absolute Gasteiger partial charge is 0.494 e. The van der Waals surface area contributed by atoms with Crippen LogP contribution < -0.4 is 4.74 Å². The Bertz CT molecular complexity index is 831. The molecule has 130 valence electrons. The van der Waals surface area contributed by atoms with Gasteiger partial charge in [-0.05, 0) is 42.0 Å². The summed E-state index contributed by atoms with van der Waals surface area (Å²) in [5, 5.41) is 0. The van der Waals surface area contributed by atoms with Crippen molar-refractivity contribution in [1.29, 1.82) is 0 Å². The van der Waals surface area contributed by atoms with Crippen LogP contribution in [0.1, 0.15) is 15.9 Å². The molecule has 25 heavy (non-hydrogen) atoms. The Morgan fingerprint density at radius 3 is 2.40 bits per heavy atom. The normalized spacial score (nSPS) is 10.7. The molecule has 0 aliphatic rings. The van der Waals surface area contributed by atoms with E-state index in [0.29, 0.717) is 5.56 Å². The van der Waals surface area contributed by atoms with Crippen LogP contribution in [0.2, 0.25) is 0 Å². The SMILES string of the molecule is COc1ccc(/C=C/C(=O)OCC(=O)c2ccc(F)c(F)c2)cc1F. The highest BCUT2D eigenvalue weighted by Crippen LogP contribution is 2.18. The zero-order valence-corrected chi connectivity index (χ0v) is 13.1. The summed E-state index contributed by atoms with van der Waals surface area (Å²) in [7, 11) is 1.33. The second-order valence-electron chi connectivity index (χ2n) is 4.89. The minimum atomic E-state index is -1.17. The minimum absolute atomic E-state index is 0.0665. The van der Waals surface area contributed by atoms with E-state index in [1.54, 1.807) is 0 Å². The molecule has 0 saturated carbocycles. The predicted molar refractivity (Wildman–Crippen MR) is 83.6 cm³/mol. The van der Waals surface area contributed by atoms with Crippen molar-refractivity contribution in [2.24, 2.45) is 0 Å². The molecule has 2 aromatic rings. The molecule has 0 aromatic heterocycles. The average Bonchev–Trinajstić information content (AvgIpc) is 2.60. The van der Waals surface area contributed by atoms with Gasteiger partial charge in [0.1, 0.15) is 0 Å². The zero-order chi connectivity index (χ0) is 18.4. The number of hydrogen-bond acceptors (Lipinski definition) is 4. The lowest BCUT2D eigenvalue weighted by Crippen LogP contribution is -2.13. The predicted octanol–water partition coefficient (Wildman–Crippen LogP) is 3.55. The van der Waals surface area contributed by atoms with E-state index in [9.17, 15) is 22.8 Å². The van der Waals surface area contributed by atoms with Gasteiger partial charge in [0.05, 0.1) is 7.11 Å². The van der Waals surface area contributed by atoms with Gasteiger partial charge in [0.2, 0.25) is 0 Å². The molecule has 2 rings (SSSR count). The van der Waals surface area contributed by atoms with Crippen LogP contribution in [0.25, 0.3) is 6.08 Å². The van der Waals surface area contributed by atoms with Gasteiger partial charge in [-0.3, -0.25) is 4.79 Å². The van der Waals surface area contributed by atoms with Gasteiger partial charge in [0.25, 0.3) is 0 Å². The lowest BCUT2D eigenvalue weighted by atomic mass is 10.1. The van der Waals surface area contributed by atoms with Crippen molar-refractivity contribution in [2.45, 2.75) is 0 Å². The van der Waals surface area contributed by atoms with Gasteiger partial charge in [0, 0.05) is 11.6 Å². The topological polar surface area (TPSA) is 52.6 Å². The van der Waals surface area contributed by atoms with Gasteiger partial charge in [-0.1, -0.05) is 6.07 Å². The van der Waals surface area contributed by atoms with E-state index in [4.69, 9.17) is 9.47 Å². The molecule has 0 N–H and O–H groups in total. The van der Waals surface area contributed by atoms with Crippen LogP contribution in [0.5, 0.6) is 5.75 Å². The van der Waals surface area contributed by atoms with E-state index in [2.05, 4.69) is 0 Å². The van der Waals surface area contributed by atoms with Crippen LogP contribution in [0.15, 0.2) is 42.5 Å². The van der Waals surface area contributed by atoms with E-state index >= 15 is 0 Å². The van der Waals surface area contributed by atoms with Gasteiger partial charge in [0.15, 0.2) is 35.6 Å². The summed E-state index contributed by atoms with van der Waals surface area (Å²) < 4.78 is 48.8. The van der Waals surface area contributed by atoms with Crippen LogP contribution in [0, 0.1) is 17.5 Å². The lowest BCUT2D eigenvalue weighted by molar-refractivity contribution is -0.136. The second kappa shape index (κ2) is 8.14. The maximum absolute atomic E-state index is 13.5. The first-order chi connectivity index (χ1) is 11.9. The molecule has 0 radical (unpaired) electrons. The maximum atomic E-state index is 13.5. The van der Waals surface area contributed by atoms with E-state index in [0.717, 1.165) is 30.3 Å². The highest BCUT2D eigenvalue weighted by Gasteiger charge is 2.11. The highest BCUT2D eigenvalue weighted by molar-refractivity contribution is 5.98. The molecule has 2 aromatic carbocycles. The molecule has 0 aliphatic carbocycles. The number of benzene rings is 2. The number of hydrogen-bond donors (Lipinski definition) is 0. The standard InChI is InChI=1S/C18H13F3O4/c1-24-17-6-2-11(8-15(17)21)3-7-18(23)25-10-16(22)12-4-5-13(19)14(20)9-12/h2-9H,10H2,1H3/b7-3+. The first-order valence-electron chi connectivity index (χ1n) is 7.07. The van der Waals surface area contributed by atoms with Gasteiger partial charge in [-0.15, -0.1) is 0 Å². The van der Waals surface area contributed by atoms with Gasteiger partial charge in [-0.25, -0.2) is 18.0 Å². The summed E-state index contributed by atoms with van der Waals surface area (Å²) in [6, 6.07) is 6.70. The van der Waals surface area contributed by atoms with Crippen molar-refractivity contribution < 1.29 is 32.2 Å². The number of rotatable bonds is 6. The van der Waals surface area contributed by atoms with E-state index in [1.165, 1.54) is 25.3 Å². The van der Waals surface area contributed by atoms with Gasteiger partial charge < -0.3 is 9.47 Å². The summed E-state index contributed by atoms with van der Waals surface area (Å²) in [6.45, 7) is -0.634. The van der Waals surface area contributed by atoms with E-state index < -0.39 is 35.8 Å². The lowest BCUT2D eigenvalue weighted by Gasteiger charge is -2.03. The Hall–Kier alpha value is -3.09. The van der Waals surface area contributed by atoms with Gasteiger partial charge >= 0.3 is 5.97 Å². The van der Waals surface area contributed by atoms with Gasteiger partial charge in [-0.2, -0.15) is 0 Å². The number of ketones is 1. The third-order valence-corrected chi connectivity index (χ3v) is 3.17. The zero-order valence-electron chi connectivity index (χ0n) is 13.1. The molecular formula is C18H13F3O4. The van der Waals surface area contributed by atoms with Crippen LogP contribution >= 0.6 is 0 Å². The molecule has 0 amide bonds. The molecule has 4 nitrogen and oxygen atoms in total. The number of esters is 1. The Morgan fingerprint density at radius 1 is 1.00 bits per heavy atom. The fourth-order valence-electron chi connectivity index (χ4n) is 1.89. The monoisotopic (exact) mass is 350 g/mol. The van der Waals surface area contributed by atoms with Crippen LogP contribution in [0.4, 0.5) is 13.2 Å². The first kappa shape index (κ1) is 18.3. The molecule has 0 saturated heterocycles. The Balaban J connectivity index is 1.92. The third kappa shape index (κ3) is 4.94. The smallest absolute Gasteiger partial charge is 0.331 e. The summed E-state index contributed by atoms with van der Waals surface area (Å²) in [5.41, 5.74) is 0.273. The third-order valence-electron chi connectivity index (χ3n) is 3.17. The fourth-order valence-corrected chi connectivity index (χ4v) is 1.89.